The maximum absolute atomic E-state index is 4.23. The fraction of sp³-hybridized carbons (Fsp3) is 0.200. The van der Waals surface area contributed by atoms with Crippen LogP contribution in [0.5, 0.6) is 0 Å². The number of aromatic nitrogens is 5. The summed E-state index contributed by atoms with van der Waals surface area (Å²) in [6.07, 6.45) is 0. The van der Waals surface area contributed by atoms with Crippen LogP contribution in [0.2, 0.25) is 0 Å². The maximum Gasteiger partial charge on any atom is 0.200 e. The number of nitrogens with zero attached hydrogens (tertiary/aromatic N) is 5. The lowest BCUT2D eigenvalue weighted by Crippen LogP contribution is -2.03. The summed E-state index contributed by atoms with van der Waals surface area (Å²) in [5, 5.41) is 18.5. The van der Waals surface area contributed by atoms with Gasteiger partial charge >= 0.3 is 0 Å². The third kappa shape index (κ3) is 2.09. The van der Waals surface area contributed by atoms with Crippen molar-refractivity contribution in [3.8, 4) is 0 Å². The van der Waals surface area contributed by atoms with Crippen molar-refractivity contribution in [2.75, 3.05) is 5.32 Å². The smallest absolute Gasteiger partial charge is 0.200 e. The highest BCUT2D eigenvalue weighted by atomic mass is 32.1. The van der Waals surface area contributed by atoms with Gasteiger partial charge in [0, 0.05) is 9.75 Å². The zero-order valence-electron chi connectivity index (χ0n) is 9.16. The Morgan fingerprint density at radius 3 is 3.06 bits per heavy atom. The molecule has 0 aliphatic rings. The van der Waals surface area contributed by atoms with E-state index in [9.17, 15) is 0 Å². The van der Waals surface area contributed by atoms with Crippen molar-refractivity contribution in [1.29, 1.82) is 0 Å². The molecule has 0 saturated heterocycles. The normalized spacial score (nSPS) is 10.9. The van der Waals surface area contributed by atoms with Crippen molar-refractivity contribution < 1.29 is 0 Å². The molecular weight excluding hydrogens is 236 g/mol. The molecule has 0 bridgehead atoms. The van der Waals surface area contributed by atoms with E-state index in [-0.39, 0.29) is 0 Å². The van der Waals surface area contributed by atoms with Gasteiger partial charge in [0.05, 0.1) is 6.54 Å². The average molecular weight is 246 g/mol. The number of anilines is 1. The predicted octanol–water partition coefficient (Wildman–Crippen LogP) is 1.50. The first-order valence-electron chi connectivity index (χ1n) is 5.16. The fourth-order valence-electron chi connectivity index (χ4n) is 1.50. The molecule has 0 atom stereocenters. The maximum atomic E-state index is 4.23. The van der Waals surface area contributed by atoms with Gasteiger partial charge in [0.1, 0.15) is 5.82 Å². The van der Waals surface area contributed by atoms with Crippen LogP contribution in [0.3, 0.4) is 0 Å². The lowest BCUT2D eigenvalue weighted by molar-refractivity contribution is 0.734. The Morgan fingerprint density at radius 1 is 1.29 bits per heavy atom. The lowest BCUT2D eigenvalue weighted by Gasteiger charge is -2.02. The Labute approximate surface area is 101 Å². The predicted molar refractivity (Wildman–Crippen MR) is 65.0 cm³/mol. The van der Waals surface area contributed by atoms with Gasteiger partial charge in [-0.15, -0.1) is 26.2 Å². The van der Waals surface area contributed by atoms with Gasteiger partial charge in [-0.3, -0.25) is 0 Å². The SMILES string of the molecule is Cc1ccc(CNc2ccc3nnnn3n2)s1. The van der Waals surface area contributed by atoms with E-state index in [1.54, 1.807) is 11.3 Å². The van der Waals surface area contributed by atoms with Crippen LogP contribution in [0, 0.1) is 6.92 Å². The summed E-state index contributed by atoms with van der Waals surface area (Å²) in [5.74, 6) is 0.760. The van der Waals surface area contributed by atoms with Crippen LogP contribution in [0.4, 0.5) is 5.82 Å². The van der Waals surface area contributed by atoms with Gasteiger partial charge in [0.25, 0.3) is 0 Å². The number of nitrogens with one attached hydrogen (secondary N) is 1. The molecule has 3 rings (SSSR count). The van der Waals surface area contributed by atoms with Gasteiger partial charge in [-0.25, -0.2) is 0 Å². The topological polar surface area (TPSA) is 68.0 Å². The van der Waals surface area contributed by atoms with Crippen LogP contribution in [0.15, 0.2) is 24.3 Å². The zero-order chi connectivity index (χ0) is 11.7. The van der Waals surface area contributed by atoms with E-state index < -0.39 is 0 Å². The molecule has 0 aliphatic carbocycles. The Bertz CT molecular complexity index is 643. The van der Waals surface area contributed by atoms with Crippen molar-refractivity contribution in [2.24, 2.45) is 0 Å². The minimum Gasteiger partial charge on any atom is -0.364 e. The molecule has 0 fully saturated rings. The fourth-order valence-corrected chi connectivity index (χ4v) is 2.33. The number of thiophene rings is 1. The minimum atomic E-state index is 0.641. The molecule has 86 valence electrons. The largest absolute Gasteiger partial charge is 0.364 e. The highest BCUT2D eigenvalue weighted by Gasteiger charge is 2.01. The van der Waals surface area contributed by atoms with Gasteiger partial charge in [-0.2, -0.15) is 0 Å². The van der Waals surface area contributed by atoms with E-state index in [0.717, 1.165) is 12.4 Å². The van der Waals surface area contributed by atoms with Crippen LogP contribution >= 0.6 is 11.3 Å². The molecule has 3 heterocycles. The molecule has 3 aromatic heterocycles. The Morgan fingerprint density at radius 2 is 2.24 bits per heavy atom. The molecule has 17 heavy (non-hydrogen) atoms. The van der Waals surface area contributed by atoms with Crippen molar-refractivity contribution in [1.82, 2.24) is 25.3 Å². The first-order valence-corrected chi connectivity index (χ1v) is 5.97. The molecule has 0 unspecified atom stereocenters. The van der Waals surface area contributed by atoms with Crippen molar-refractivity contribution in [3.63, 3.8) is 0 Å². The van der Waals surface area contributed by atoms with Crippen LogP contribution in [0.1, 0.15) is 9.75 Å². The molecule has 0 radical (unpaired) electrons. The number of rotatable bonds is 3. The molecule has 3 aromatic rings. The monoisotopic (exact) mass is 246 g/mol. The molecule has 0 saturated carbocycles. The quantitative estimate of drug-likeness (QED) is 0.758. The summed E-state index contributed by atoms with van der Waals surface area (Å²) in [7, 11) is 0. The molecule has 0 amide bonds. The van der Waals surface area contributed by atoms with Gasteiger partial charge in [0.15, 0.2) is 5.65 Å². The molecule has 0 aromatic carbocycles. The second-order valence-electron chi connectivity index (χ2n) is 3.61. The van der Waals surface area contributed by atoms with Crippen LogP contribution < -0.4 is 5.32 Å². The second-order valence-corrected chi connectivity index (χ2v) is 4.98. The van der Waals surface area contributed by atoms with Gasteiger partial charge in [-0.05, 0) is 41.6 Å². The molecule has 7 heteroatoms. The number of aryl methyl sites for hydroxylation is 1. The summed E-state index contributed by atoms with van der Waals surface area (Å²) in [4.78, 5) is 2.59. The van der Waals surface area contributed by atoms with Crippen molar-refractivity contribution in [3.05, 3.63) is 34.0 Å². The summed E-state index contributed by atoms with van der Waals surface area (Å²) >= 11 is 1.77. The van der Waals surface area contributed by atoms with Crippen LogP contribution in [-0.2, 0) is 6.54 Å². The van der Waals surface area contributed by atoms with E-state index >= 15 is 0 Å². The third-order valence-electron chi connectivity index (χ3n) is 2.31. The number of tetrazole rings is 1. The van der Waals surface area contributed by atoms with Gasteiger partial charge in [0.2, 0.25) is 0 Å². The van der Waals surface area contributed by atoms with Gasteiger partial charge in [-0.1, -0.05) is 0 Å². The highest BCUT2D eigenvalue weighted by Crippen LogP contribution is 2.16. The molecular formula is C10H10N6S. The molecule has 1 N–H and O–H groups in total. The Hall–Kier alpha value is -2.02. The molecule has 0 spiro atoms. The number of hydrogen-bond donors (Lipinski definition) is 1. The third-order valence-corrected chi connectivity index (χ3v) is 3.31. The average Bonchev–Trinajstić information content (AvgIpc) is 2.94. The van der Waals surface area contributed by atoms with E-state index in [4.69, 9.17) is 0 Å². The van der Waals surface area contributed by atoms with E-state index in [2.05, 4.69) is 45.0 Å². The van der Waals surface area contributed by atoms with Crippen molar-refractivity contribution in [2.45, 2.75) is 13.5 Å². The second kappa shape index (κ2) is 4.10. The first-order chi connectivity index (χ1) is 8.31. The lowest BCUT2D eigenvalue weighted by atomic mass is 10.4. The molecule has 6 nitrogen and oxygen atoms in total. The summed E-state index contributed by atoms with van der Waals surface area (Å²) in [6.45, 7) is 2.86. The summed E-state index contributed by atoms with van der Waals surface area (Å²) < 4.78 is 1.40. The van der Waals surface area contributed by atoms with Gasteiger partial charge < -0.3 is 5.32 Å². The van der Waals surface area contributed by atoms with E-state index in [0.29, 0.717) is 5.65 Å². The number of hydrogen-bond acceptors (Lipinski definition) is 6. The van der Waals surface area contributed by atoms with Crippen LogP contribution in [-0.4, -0.2) is 25.3 Å². The highest BCUT2D eigenvalue weighted by molar-refractivity contribution is 7.11. The Balaban J connectivity index is 1.76. The zero-order valence-corrected chi connectivity index (χ0v) is 9.98. The first kappa shape index (κ1) is 10.2. The Kier molecular flexibility index (Phi) is 2.45. The summed E-state index contributed by atoms with van der Waals surface area (Å²) in [6, 6.07) is 7.92. The number of fused-ring (bicyclic) bond motifs is 1. The van der Waals surface area contributed by atoms with E-state index in [1.807, 2.05) is 12.1 Å². The van der Waals surface area contributed by atoms with Crippen LogP contribution in [0.25, 0.3) is 5.65 Å². The standard InChI is InChI=1S/C10H10N6S/c1-7-2-3-8(17-7)6-11-9-4-5-10-12-14-15-16(10)13-9/h2-5H,6H2,1H3,(H,11,13). The molecule has 0 aliphatic heterocycles. The van der Waals surface area contributed by atoms with Crippen molar-refractivity contribution >= 4 is 22.8 Å². The van der Waals surface area contributed by atoms with E-state index in [1.165, 1.54) is 14.4 Å². The summed E-state index contributed by atoms with van der Waals surface area (Å²) in [5.41, 5.74) is 0.641. The minimum absolute atomic E-state index is 0.641.